The van der Waals surface area contributed by atoms with Crippen LogP contribution >= 0.6 is 0 Å². The number of carbonyl (C=O) groups excluding carboxylic acids is 2. The second-order valence-corrected chi connectivity index (χ2v) is 5.45. The Kier molecular flexibility index (Phi) is 6.19. The Morgan fingerprint density at radius 2 is 2.04 bits per heavy atom. The summed E-state index contributed by atoms with van der Waals surface area (Å²) in [5, 5.41) is 32.1. The van der Waals surface area contributed by atoms with Crippen molar-refractivity contribution in [3.05, 3.63) is 40.5 Å². The van der Waals surface area contributed by atoms with Gasteiger partial charge in [0, 0.05) is 19.3 Å². The Hall–Kier alpha value is -3.77. The molecule has 1 unspecified atom stereocenters. The summed E-state index contributed by atoms with van der Waals surface area (Å²) in [5.74, 6) is -2.01. The van der Waals surface area contributed by atoms with Gasteiger partial charge in [-0.2, -0.15) is 10.2 Å². The van der Waals surface area contributed by atoms with Gasteiger partial charge in [-0.05, 0) is 13.0 Å². The van der Waals surface area contributed by atoms with Crippen molar-refractivity contribution in [2.24, 2.45) is 0 Å². The molecule has 0 radical (unpaired) electrons. The number of rotatable bonds is 9. The van der Waals surface area contributed by atoms with Gasteiger partial charge in [-0.3, -0.25) is 29.1 Å². The van der Waals surface area contributed by atoms with E-state index in [4.69, 9.17) is 5.11 Å². The van der Waals surface area contributed by atoms with Crippen LogP contribution in [0, 0.1) is 10.1 Å². The highest BCUT2D eigenvalue weighted by Crippen LogP contribution is 2.07. The first-order valence-electron chi connectivity index (χ1n) is 7.77. The predicted octanol–water partition coefficient (Wildman–Crippen LogP) is -0.820. The van der Waals surface area contributed by atoms with Crippen LogP contribution in [0.5, 0.6) is 0 Å². The number of hydrogen-bond acceptors (Lipinski definition) is 7. The van der Waals surface area contributed by atoms with E-state index in [0.717, 1.165) is 21.8 Å². The highest BCUT2D eigenvalue weighted by molar-refractivity contribution is 5.92. The van der Waals surface area contributed by atoms with Crippen LogP contribution in [-0.4, -0.2) is 60.5 Å². The molecule has 13 nitrogen and oxygen atoms in total. The summed E-state index contributed by atoms with van der Waals surface area (Å²) in [6.45, 7) is 1.48. The molecule has 13 heteroatoms. The number of aromatic nitrogens is 4. The molecule has 2 aromatic rings. The first-order valence-corrected chi connectivity index (χ1v) is 7.77. The summed E-state index contributed by atoms with van der Waals surface area (Å²) in [6, 6.07) is 0.488. The van der Waals surface area contributed by atoms with E-state index >= 15 is 0 Å². The van der Waals surface area contributed by atoms with Gasteiger partial charge in [0.15, 0.2) is 0 Å². The summed E-state index contributed by atoms with van der Waals surface area (Å²) in [4.78, 5) is 44.5. The van der Waals surface area contributed by atoms with Gasteiger partial charge in [0.1, 0.15) is 30.7 Å². The smallest absolute Gasteiger partial charge is 0.328 e. The summed E-state index contributed by atoms with van der Waals surface area (Å²) < 4.78 is 2.28. The average molecular weight is 379 g/mol. The molecule has 0 bridgehead atoms. The third-order valence-electron chi connectivity index (χ3n) is 3.46. The third-order valence-corrected chi connectivity index (χ3v) is 3.46. The van der Waals surface area contributed by atoms with Crippen molar-refractivity contribution in [1.82, 2.24) is 30.2 Å². The molecule has 27 heavy (non-hydrogen) atoms. The van der Waals surface area contributed by atoms with Gasteiger partial charge in [0.25, 0.3) is 5.91 Å². The minimum atomic E-state index is -1.07. The Morgan fingerprint density at radius 3 is 2.67 bits per heavy atom. The fourth-order valence-electron chi connectivity index (χ4n) is 1.99. The predicted molar refractivity (Wildman–Crippen MR) is 88.8 cm³/mol. The maximum Gasteiger partial charge on any atom is 0.328 e. The topological polar surface area (TPSA) is 174 Å². The van der Waals surface area contributed by atoms with Crippen LogP contribution < -0.4 is 10.6 Å². The Morgan fingerprint density at radius 1 is 1.33 bits per heavy atom. The number of nitro groups is 1. The Labute approximate surface area is 152 Å². The quantitative estimate of drug-likeness (QED) is 0.288. The highest BCUT2D eigenvalue weighted by Gasteiger charge is 2.16. The van der Waals surface area contributed by atoms with Crippen molar-refractivity contribution in [2.75, 3.05) is 13.1 Å². The van der Waals surface area contributed by atoms with Crippen LogP contribution in [0.25, 0.3) is 0 Å². The van der Waals surface area contributed by atoms with E-state index in [1.54, 1.807) is 0 Å². The number of carboxylic acid groups (broad SMARTS) is 1. The lowest BCUT2D eigenvalue weighted by atomic mass is 10.3. The maximum atomic E-state index is 11.9. The normalized spacial score (nSPS) is 11.6. The summed E-state index contributed by atoms with van der Waals surface area (Å²) >= 11 is 0. The molecular formula is C14H17N7O6. The molecule has 0 aliphatic heterocycles. The number of aliphatic carboxylic acids is 1. The first kappa shape index (κ1) is 19.6. The van der Waals surface area contributed by atoms with Crippen molar-refractivity contribution in [3.8, 4) is 0 Å². The third kappa shape index (κ3) is 5.35. The van der Waals surface area contributed by atoms with Crippen LogP contribution in [-0.2, 0) is 16.1 Å². The van der Waals surface area contributed by atoms with E-state index in [0.29, 0.717) is 0 Å². The molecule has 0 spiro atoms. The zero-order chi connectivity index (χ0) is 20.0. The van der Waals surface area contributed by atoms with Crippen molar-refractivity contribution in [1.29, 1.82) is 0 Å². The number of amides is 2. The number of carboxylic acids is 1. The molecule has 2 rings (SSSR count). The highest BCUT2D eigenvalue weighted by atomic mass is 16.6. The minimum absolute atomic E-state index is 0.0540. The molecule has 144 valence electrons. The molecule has 0 saturated carbocycles. The molecular weight excluding hydrogens is 362 g/mol. The molecule has 3 N–H and O–H groups in total. The fraction of sp³-hybridized carbons (Fsp3) is 0.357. The van der Waals surface area contributed by atoms with Crippen LogP contribution in [0.15, 0.2) is 24.7 Å². The summed E-state index contributed by atoms with van der Waals surface area (Å²) in [6.07, 6.45) is 3.56. The van der Waals surface area contributed by atoms with Gasteiger partial charge in [-0.1, -0.05) is 0 Å². The standard InChI is InChI=1S/C14H17N7O6/c1-9(14(24)25)20-5-2-11(18-20)13(23)16-4-3-15-12(22)8-19-7-10(6-17-19)21(26)27/h2,5-7,9H,3-4,8H2,1H3,(H,15,22)(H,16,23)(H,24,25). The van der Waals surface area contributed by atoms with Crippen molar-refractivity contribution >= 4 is 23.5 Å². The van der Waals surface area contributed by atoms with Crippen LogP contribution in [0.1, 0.15) is 23.5 Å². The van der Waals surface area contributed by atoms with Gasteiger partial charge < -0.3 is 15.7 Å². The van der Waals surface area contributed by atoms with E-state index in [1.807, 2.05) is 0 Å². The molecule has 0 fully saturated rings. The minimum Gasteiger partial charge on any atom is -0.480 e. The number of hydrogen-bond donors (Lipinski definition) is 3. The number of nitrogens with zero attached hydrogens (tertiary/aromatic N) is 5. The molecule has 0 saturated heterocycles. The van der Waals surface area contributed by atoms with Crippen LogP contribution in [0.2, 0.25) is 0 Å². The molecule has 2 heterocycles. The van der Waals surface area contributed by atoms with E-state index < -0.39 is 28.7 Å². The van der Waals surface area contributed by atoms with Crippen molar-refractivity contribution in [2.45, 2.75) is 19.5 Å². The van der Waals surface area contributed by atoms with Crippen molar-refractivity contribution in [3.63, 3.8) is 0 Å². The fourth-order valence-corrected chi connectivity index (χ4v) is 1.99. The van der Waals surface area contributed by atoms with E-state index in [9.17, 15) is 24.5 Å². The molecule has 1 atom stereocenters. The van der Waals surface area contributed by atoms with Gasteiger partial charge in [-0.25, -0.2) is 4.79 Å². The monoisotopic (exact) mass is 379 g/mol. The van der Waals surface area contributed by atoms with E-state index in [2.05, 4.69) is 20.8 Å². The molecule has 0 aliphatic carbocycles. The maximum absolute atomic E-state index is 11.9. The largest absolute Gasteiger partial charge is 0.480 e. The molecule has 0 aliphatic rings. The van der Waals surface area contributed by atoms with Gasteiger partial charge in [-0.15, -0.1) is 0 Å². The van der Waals surface area contributed by atoms with Crippen molar-refractivity contribution < 1.29 is 24.4 Å². The summed E-state index contributed by atoms with van der Waals surface area (Å²) in [7, 11) is 0. The van der Waals surface area contributed by atoms with Crippen LogP contribution in [0.3, 0.4) is 0 Å². The lowest BCUT2D eigenvalue weighted by molar-refractivity contribution is -0.385. The zero-order valence-corrected chi connectivity index (χ0v) is 14.2. The lowest BCUT2D eigenvalue weighted by Gasteiger charge is -2.07. The average Bonchev–Trinajstić information content (AvgIpc) is 3.27. The summed E-state index contributed by atoms with van der Waals surface area (Å²) in [5.41, 5.74) is -0.162. The Bertz CT molecular complexity index is 858. The van der Waals surface area contributed by atoms with E-state index in [-0.39, 0.29) is 31.0 Å². The number of nitrogens with one attached hydrogen (secondary N) is 2. The number of carbonyl (C=O) groups is 3. The Balaban J connectivity index is 1.72. The molecule has 0 aromatic carbocycles. The lowest BCUT2D eigenvalue weighted by Crippen LogP contribution is -2.36. The SMILES string of the molecule is CC(C(=O)O)n1ccc(C(=O)NCCNC(=O)Cn2cc([N+](=O)[O-])cn2)n1. The van der Waals surface area contributed by atoms with Gasteiger partial charge in [0.2, 0.25) is 5.91 Å². The second-order valence-electron chi connectivity index (χ2n) is 5.45. The first-order chi connectivity index (χ1) is 12.8. The van der Waals surface area contributed by atoms with Gasteiger partial charge in [0.05, 0.1) is 4.92 Å². The molecule has 2 aromatic heterocycles. The second kappa shape index (κ2) is 8.55. The zero-order valence-electron chi connectivity index (χ0n) is 14.2. The van der Waals surface area contributed by atoms with Crippen LogP contribution in [0.4, 0.5) is 5.69 Å². The van der Waals surface area contributed by atoms with E-state index in [1.165, 1.54) is 19.2 Å². The van der Waals surface area contributed by atoms with Gasteiger partial charge >= 0.3 is 11.7 Å². The molecule has 2 amide bonds.